The highest BCUT2D eigenvalue weighted by molar-refractivity contribution is 7.10. The summed E-state index contributed by atoms with van der Waals surface area (Å²) in [5.74, 6) is 1.35. The van der Waals surface area contributed by atoms with E-state index in [1.54, 1.807) is 16.2 Å². The van der Waals surface area contributed by atoms with Crippen LogP contribution in [0.4, 0.5) is 4.79 Å². The monoisotopic (exact) mass is 352 g/mol. The molecule has 1 unspecified atom stereocenters. The van der Waals surface area contributed by atoms with Gasteiger partial charge in [0.15, 0.2) is 5.96 Å². The number of hydrogen-bond acceptors (Lipinski definition) is 4. The van der Waals surface area contributed by atoms with Gasteiger partial charge in [-0.1, -0.05) is 13.0 Å². The average molecular weight is 353 g/mol. The van der Waals surface area contributed by atoms with Gasteiger partial charge >= 0.3 is 6.09 Å². The molecule has 2 rings (SSSR count). The summed E-state index contributed by atoms with van der Waals surface area (Å²) >= 11 is 1.78. The molecule has 1 amide bonds. The van der Waals surface area contributed by atoms with Gasteiger partial charge in [-0.05, 0) is 25.3 Å². The molecule has 1 aromatic heterocycles. The number of guanidine groups is 1. The molecule has 0 aliphatic carbocycles. The Balaban J connectivity index is 1.91. The largest absolute Gasteiger partial charge is 0.450 e. The second kappa shape index (κ2) is 9.52. The molecule has 1 aromatic rings. The van der Waals surface area contributed by atoms with Gasteiger partial charge < -0.3 is 19.9 Å². The number of aliphatic imine (C=N–C) groups is 1. The summed E-state index contributed by atoms with van der Waals surface area (Å²) in [7, 11) is 0. The number of thiophene rings is 1. The fourth-order valence-electron chi connectivity index (χ4n) is 2.63. The van der Waals surface area contributed by atoms with E-state index < -0.39 is 0 Å². The smallest absolute Gasteiger partial charge is 0.409 e. The number of carbonyl (C=O) groups excluding carboxylic acids is 1. The molecule has 7 heteroatoms. The molecule has 24 heavy (non-hydrogen) atoms. The lowest BCUT2D eigenvalue weighted by atomic mass is 10.1. The summed E-state index contributed by atoms with van der Waals surface area (Å²) in [5.41, 5.74) is 0. The van der Waals surface area contributed by atoms with Crippen molar-refractivity contribution in [2.75, 3.05) is 45.9 Å². The molecule has 0 radical (unpaired) electrons. The zero-order chi connectivity index (χ0) is 17.4. The van der Waals surface area contributed by atoms with Crippen LogP contribution in [0.2, 0.25) is 0 Å². The molecule has 134 valence electrons. The molecular weight excluding hydrogens is 324 g/mol. The summed E-state index contributed by atoms with van der Waals surface area (Å²) in [6, 6.07) is 4.25. The third-order valence-corrected chi connectivity index (χ3v) is 5.09. The van der Waals surface area contributed by atoms with E-state index in [9.17, 15) is 4.79 Å². The SMILES string of the molecule is CCNC(=NCC(C)c1cccs1)N1CCN(C(=O)OCC)CC1. The number of rotatable bonds is 5. The van der Waals surface area contributed by atoms with Gasteiger partial charge in [0.05, 0.1) is 13.2 Å². The third kappa shape index (κ3) is 5.12. The van der Waals surface area contributed by atoms with E-state index >= 15 is 0 Å². The predicted octanol–water partition coefficient (Wildman–Crippen LogP) is 2.59. The van der Waals surface area contributed by atoms with Crippen LogP contribution in [0.15, 0.2) is 22.5 Å². The maximum Gasteiger partial charge on any atom is 0.409 e. The minimum Gasteiger partial charge on any atom is -0.450 e. The Morgan fingerprint density at radius 2 is 2.04 bits per heavy atom. The Kier molecular flexibility index (Phi) is 7.36. The van der Waals surface area contributed by atoms with Crippen LogP contribution in [0.5, 0.6) is 0 Å². The van der Waals surface area contributed by atoms with E-state index in [0.29, 0.717) is 25.6 Å². The maximum atomic E-state index is 11.8. The van der Waals surface area contributed by atoms with Gasteiger partial charge in [-0.25, -0.2) is 4.79 Å². The van der Waals surface area contributed by atoms with Crippen LogP contribution in [0.1, 0.15) is 31.6 Å². The number of amides is 1. The molecule has 1 N–H and O–H groups in total. The normalized spacial score (nSPS) is 16.9. The van der Waals surface area contributed by atoms with Crippen molar-refractivity contribution in [3.8, 4) is 0 Å². The average Bonchev–Trinajstić information content (AvgIpc) is 3.13. The molecule has 1 aliphatic rings. The standard InChI is InChI=1S/C17H28N4O2S/c1-4-18-16(19-13-14(3)15-7-6-12-24-15)20-8-10-21(11-9-20)17(22)23-5-2/h6-7,12,14H,4-5,8-11,13H2,1-3H3,(H,18,19). The van der Waals surface area contributed by atoms with Crippen LogP contribution >= 0.6 is 11.3 Å². The second-order valence-corrected chi connectivity index (χ2v) is 6.76. The quantitative estimate of drug-likeness (QED) is 0.654. The zero-order valence-corrected chi connectivity index (χ0v) is 15.6. The number of carbonyl (C=O) groups is 1. The highest BCUT2D eigenvalue weighted by Crippen LogP contribution is 2.20. The van der Waals surface area contributed by atoms with Crippen LogP contribution in [0.25, 0.3) is 0 Å². The van der Waals surface area contributed by atoms with Crippen LogP contribution < -0.4 is 5.32 Å². The van der Waals surface area contributed by atoms with Crippen molar-refractivity contribution >= 4 is 23.4 Å². The molecule has 0 aromatic carbocycles. The van der Waals surface area contributed by atoms with Crippen molar-refractivity contribution in [3.63, 3.8) is 0 Å². The Bertz CT molecular complexity index is 525. The zero-order valence-electron chi connectivity index (χ0n) is 14.8. The topological polar surface area (TPSA) is 57.2 Å². The number of ether oxygens (including phenoxy) is 1. The lowest BCUT2D eigenvalue weighted by Gasteiger charge is -2.36. The molecule has 0 bridgehead atoms. The number of nitrogens with zero attached hydrogens (tertiary/aromatic N) is 3. The molecule has 0 saturated carbocycles. The van der Waals surface area contributed by atoms with E-state index in [1.807, 2.05) is 6.92 Å². The van der Waals surface area contributed by atoms with Gasteiger partial charge in [-0.2, -0.15) is 0 Å². The van der Waals surface area contributed by atoms with Crippen molar-refractivity contribution in [3.05, 3.63) is 22.4 Å². The Labute approximate surface area is 148 Å². The Hall–Kier alpha value is -1.76. The molecule has 1 saturated heterocycles. The lowest BCUT2D eigenvalue weighted by Crippen LogP contribution is -2.54. The van der Waals surface area contributed by atoms with Crippen LogP contribution in [-0.4, -0.2) is 67.7 Å². The summed E-state index contributed by atoms with van der Waals surface area (Å²) in [5, 5.41) is 5.47. The van der Waals surface area contributed by atoms with Gasteiger partial charge in [0.1, 0.15) is 0 Å². The number of nitrogens with one attached hydrogen (secondary N) is 1. The van der Waals surface area contributed by atoms with Crippen molar-refractivity contribution in [2.24, 2.45) is 4.99 Å². The van der Waals surface area contributed by atoms with Crippen LogP contribution in [0, 0.1) is 0 Å². The van der Waals surface area contributed by atoms with Crippen molar-refractivity contribution in [1.82, 2.24) is 15.1 Å². The Morgan fingerprint density at radius 1 is 1.33 bits per heavy atom. The summed E-state index contributed by atoms with van der Waals surface area (Å²) in [6.07, 6.45) is -0.217. The molecule has 0 spiro atoms. The minimum absolute atomic E-state index is 0.217. The van der Waals surface area contributed by atoms with E-state index in [4.69, 9.17) is 9.73 Å². The second-order valence-electron chi connectivity index (χ2n) is 5.78. The first-order valence-corrected chi connectivity index (χ1v) is 9.52. The number of piperazine rings is 1. The first-order chi connectivity index (χ1) is 11.7. The van der Waals surface area contributed by atoms with Crippen LogP contribution in [-0.2, 0) is 4.74 Å². The summed E-state index contributed by atoms with van der Waals surface area (Å²) < 4.78 is 5.07. The summed E-state index contributed by atoms with van der Waals surface area (Å²) in [6.45, 7) is 11.0. The molecular formula is C17H28N4O2S. The van der Waals surface area contributed by atoms with E-state index in [0.717, 1.165) is 32.1 Å². The van der Waals surface area contributed by atoms with E-state index in [-0.39, 0.29) is 6.09 Å². The fraction of sp³-hybridized carbons (Fsp3) is 0.647. The van der Waals surface area contributed by atoms with E-state index in [2.05, 4.69) is 41.6 Å². The van der Waals surface area contributed by atoms with Gasteiger partial charge in [0.25, 0.3) is 0 Å². The predicted molar refractivity (Wildman–Crippen MR) is 98.9 cm³/mol. The van der Waals surface area contributed by atoms with Crippen LogP contribution in [0.3, 0.4) is 0 Å². The fourth-order valence-corrected chi connectivity index (χ4v) is 3.40. The highest BCUT2D eigenvalue weighted by atomic mass is 32.1. The molecule has 1 fully saturated rings. The molecule has 1 atom stereocenters. The molecule has 2 heterocycles. The first-order valence-electron chi connectivity index (χ1n) is 8.64. The maximum absolute atomic E-state index is 11.8. The summed E-state index contributed by atoms with van der Waals surface area (Å²) in [4.78, 5) is 21.9. The van der Waals surface area contributed by atoms with Gasteiger partial charge in [0, 0.05) is 43.5 Å². The lowest BCUT2D eigenvalue weighted by molar-refractivity contribution is 0.0914. The van der Waals surface area contributed by atoms with Gasteiger partial charge in [-0.15, -0.1) is 11.3 Å². The van der Waals surface area contributed by atoms with Crippen molar-refractivity contribution < 1.29 is 9.53 Å². The highest BCUT2D eigenvalue weighted by Gasteiger charge is 2.23. The molecule has 1 aliphatic heterocycles. The van der Waals surface area contributed by atoms with Crippen molar-refractivity contribution in [2.45, 2.75) is 26.7 Å². The van der Waals surface area contributed by atoms with Gasteiger partial charge in [-0.3, -0.25) is 4.99 Å². The first kappa shape index (κ1) is 18.6. The Morgan fingerprint density at radius 3 is 2.62 bits per heavy atom. The van der Waals surface area contributed by atoms with Crippen molar-refractivity contribution in [1.29, 1.82) is 0 Å². The van der Waals surface area contributed by atoms with Gasteiger partial charge in [0.2, 0.25) is 0 Å². The number of hydrogen-bond donors (Lipinski definition) is 1. The van der Waals surface area contributed by atoms with E-state index in [1.165, 1.54) is 4.88 Å². The third-order valence-electron chi connectivity index (χ3n) is 3.98. The molecule has 6 nitrogen and oxygen atoms in total. The minimum atomic E-state index is -0.217.